The Morgan fingerprint density at radius 3 is 2.41 bits per heavy atom. The molecule has 2 aliphatic rings. The Morgan fingerprint density at radius 1 is 1.41 bits per heavy atom. The number of carbonyl (C=O) groups excluding carboxylic acids is 3. The van der Waals surface area contributed by atoms with Gasteiger partial charge in [-0.3, -0.25) is 4.79 Å². The van der Waals surface area contributed by atoms with E-state index in [2.05, 4.69) is 14.6 Å². The van der Waals surface area contributed by atoms with Crippen molar-refractivity contribution in [3.8, 4) is 0 Å². The first-order valence-corrected chi connectivity index (χ1v) is 9.64. The Kier molecular flexibility index (Phi) is 5.93. The number of hydrogen-bond donors (Lipinski definition) is 2. The molecule has 1 saturated heterocycles. The average Bonchev–Trinajstić information content (AvgIpc) is 2.91. The SMILES string of the molecule is CC(C)[C@H](O)[C@]1(NC(=O)OC(C)(C)C)C(=O)N([C@@H](C)P)[C@H]1C1=CCOC1=O. The second kappa shape index (κ2) is 7.40. The molecule has 2 amide bonds. The lowest BCUT2D eigenvalue weighted by atomic mass is 9.68. The monoisotopic (exact) mass is 400 g/mol. The molecule has 0 radical (unpaired) electrons. The van der Waals surface area contributed by atoms with Gasteiger partial charge >= 0.3 is 12.1 Å². The smallest absolute Gasteiger partial charge is 0.408 e. The second-order valence-electron chi connectivity index (χ2n) is 8.30. The lowest BCUT2D eigenvalue weighted by Crippen LogP contribution is -2.86. The van der Waals surface area contributed by atoms with Crippen LogP contribution in [0.15, 0.2) is 11.6 Å². The van der Waals surface area contributed by atoms with Gasteiger partial charge in [-0.15, -0.1) is 9.24 Å². The van der Waals surface area contributed by atoms with Crippen LogP contribution in [0.4, 0.5) is 4.79 Å². The fourth-order valence-electron chi connectivity index (χ4n) is 3.50. The molecule has 0 saturated carbocycles. The molecule has 0 aliphatic carbocycles. The van der Waals surface area contributed by atoms with E-state index in [1.54, 1.807) is 47.6 Å². The first-order chi connectivity index (χ1) is 12.3. The molecule has 27 heavy (non-hydrogen) atoms. The number of hydrogen-bond acceptors (Lipinski definition) is 6. The van der Waals surface area contributed by atoms with Gasteiger partial charge in [-0.2, -0.15) is 0 Å². The number of likely N-dealkylation sites (tertiary alicyclic amines) is 1. The van der Waals surface area contributed by atoms with Gasteiger partial charge in [-0.05, 0) is 39.7 Å². The van der Waals surface area contributed by atoms with Crippen LogP contribution < -0.4 is 5.32 Å². The Balaban J connectivity index is 2.50. The number of aliphatic hydroxyl groups is 1. The fraction of sp³-hybridized carbons (Fsp3) is 0.722. The molecule has 1 fully saturated rings. The summed E-state index contributed by atoms with van der Waals surface area (Å²) in [4.78, 5) is 39.3. The third-order valence-corrected chi connectivity index (χ3v) is 4.91. The summed E-state index contributed by atoms with van der Waals surface area (Å²) in [6.07, 6.45) is -0.474. The third-order valence-electron chi connectivity index (χ3n) is 4.59. The molecule has 0 aromatic heterocycles. The molecular formula is C18H29N2O6P. The summed E-state index contributed by atoms with van der Waals surface area (Å²) in [7, 11) is 2.50. The highest BCUT2D eigenvalue weighted by molar-refractivity contribution is 7.17. The van der Waals surface area contributed by atoms with E-state index < -0.39 is 41.3 Å². The number of ether oxygens (including phenoxy) is 2. The van der Waals surface area contributed by atoms with Gasteiger partial charge in [0.25, 0.3) is 5.91 Å². The molecule has 0 aromatic rings. The molecule has 1 unspecified atom stereocenters. The van der Waals surface area contributed by atoms with Crippen molar-refractivity contribution in [3.63, 3.8) is 0 Å². The fourth-order valence-corrected chi connectivity index (χ4v) is 3.80. The summed E-state index contributed by atoms with van der Waals surface area (Å²) in [5, 5.41) is 13.5. The molecule has 0 aromatic carbocycles. The van der Waals surface area contributed by atoms with Crippen molar-refractivity contribution in [1.29, 1.82) is 0 Å². The maximum absolute atomic E-state index is 13.1. The maximum Gasteiger partial charge on any atom is 0.408 e. The number of nitrogens with one attached hydrogen (secondary N) is 1. The number of cyclic esters (lactones) is 1. The first-order valence-electron chi connectivity index (χ1n) is 8.97. The highest BCUT2D eigenvalue weighted by Gasteiger charge is 2.69. The minimum absolute atomic E-state index is 0.0955. The van der Waals surface area contributed by atoms with E-state index in [1.807, 2.05) is 0 Å². The summed E-state index contributed by atoms with van der Waals surface area (Å²) in [6.45, 7) is 10.4. The molecule has 2 rings (SSSR count). The quantitative estimate of drug-likeness (QED) is 0.408. The predicted octanol–water partition coefficient (Wildman–Crippen LogP) is 1.18. The van der Waals surface area contributed by atoms with E-state index in [9.17, 15) is 19.5 Å². The van der Waals surface area contributed by atoms with Crippen LogP contribution >= 0.6 is 9.24 Å². The van der Waals surface area contributed by atoms with Crippen molar-refractivity contribution in [2.24, 2.45) is 5.92 Å². The van der Waals surface area contributed by atoms with E-state index in [4.69, 9.17) is 9.47 Å². The number of aliphatic hydroxyl groups excluding tert-OH is 1. The minimum Gasteiger partial charge on any atom is -0.458 e. The Hall–Kier alpha value is -1.66. The van der Waals surface area contributed by atoms with Crippen molar-refractivity contribution in [2.75, 3.05) is 6.61 Å². The maximum atomic E-state index is 13.1. The summed E-state index contributed by atoms with van der Waals surface area (Å²) < 4.78 is 10.3. The number of β-lactam (4-membered cyclic amide) rings is 1. The highest BCUT2D eigenvalue weighted by atomic mass is 31.0. The minimum atomic E-state index is -1.70. The third kappa shape index (κ3) is 3.83. The topological polar surface area (TPSA) is 105 Å². The number of rotatable bonds is 5. The first kappa shape index (κ1) is 21.6. The summed E-state index contributed by atoms with van der Waals surface area (Å²) >= 11 is 0. The van der Waals surface area contributed by atoms with Crippen molar-refractivity contribution >= 4 is 27.2 Å². The van der Waals surface area contributed by atoms with Crippen LogP contribution in [0.5, 0.6) is 0 Å². The molecule has 5 atom stereocenters. The number of carbonyl (C=O) groups is 3. The molecule has 2 aliphatic heterocycles. The zero-order valence-corrected chi connectivity index (χ0v) is 17.8. The molecular weight excluding hydrogens is 371 g/mol. The van der Waals surface area contributed by atoms with Gasteiger partial charge < -0.3 is 24.8 Å². The van der Waals surface area contributed by atoms with Gasteiger partial charge in [0.15, 0.2) is 5.54 Å². The number of esters is 1. The van der Waals surface area contributed by atoms with Crippen LogP contribution in [0.3, 0.4) is 0 Å². The van der Waals surface area contributed by atoms with E-state index >= 15 is 0 Å². The lowest BCUT2D eigenvalue weighted by Gasteiger charge is -2.59. The van der Waals surface area contributed by atoms with Gasteiger partial charge in [-0.25, -0.2) is 9.59 Å². The van der Waals surface area contributed by atoms with Gasteiger partial charge in [0, 0.05) is 5.78 Å². The Morgan fingerprint density at radius 2 is 2.00 bits per heavy atom. The zero-order valence-electron chi connectivity index (χ0n) is 16.6. The largest absolute Gasteiger partial charge is 0.458 e. The van der Waals surface area contributed by atoms with Crippen LogP contribution in [0, 0.1) is 5.92 Å². The van der Waals surface area contributed by atoms with E-state index in [1.165, 1.54) is 4.90 Å². The van der Waals surface area contributed by atoms with Gasteiger partial charge in [0.2, 0.25) is 0 Å². The van der Waals surface area contributed by atoms with Crippen LogP contribution in [-0.4, -0.2) is 63.7 Å². The van der Waals surface area contributed by atoms with Gasteiger partial charge in [-0.1, -0.05) is 13.8 Å². The van der Waals surface area contributed by atoms with Crippen molar-refractivity contribution in [2.45, 2.75) is 70.6 Å². The summed E-state index contributed by atoms with van der Waals surface area (Å²) in [5.74, 6) is -1.70. The number of amides is 2. The number of alkyl carbamates (subject to hydrolysis) is 1. The van der Waals surface area contributed by atoms with Crippen LogP contribution in [0.25, 0.3) is 0 Å². The van der Waals surface area contributed by atoms with E-state index in [0.717, 1.165) is 0 Å². The molecule has 0 bridgehead atoms. The average molecular weight is 400 g/mol. The standard InChI is InChI=1S/C18H29N2O6P/c1-9(2)13(21)18(19-16(24)26-17(4,5)6)12(11-7-8-25-14(11)22)20(10(3)27)15(18)23/h7,9-10,12-13,21H,8,27H2,1-6H3,(H,19,24)/t10-,12+,13+,18+/m1/s1. The van der Waals surface area contributed by atoms with Gasteiger partial charge in [0.05, 0.1) is 17.7 Å². The molecule has 0 spiro atoms. The Labute approximate surface area is 161 Å². The van der Waals surface area contributed by atoms with Crippen molar-refractivity contribution in [1.82, 2.24) is 10.2 Å². The summed E-state index contributed by atoms with van der Waals surface area (Å²) in [5.41, 5.74) is -2.23. The number of nitrogens with zero attached hydrogens (tertiary/aromatic N) is 1. The molecule has 9 heteroatoms. The molecule has 8 nitrogen and oxygen atoms in total. The molecule has 152 valence electrons. The van der Waals surface area contributed by atoms with Gasteiger partial charge in [0.1, 0.15) is 12.2 Å². The van der Waals surface area contributed by atoms with Crippen LogP contribution in [0.2, 0.25) is 0 Å². The normalized spacial score (nSPS) is 27.7. The van der Waals surface area contributed by atoms with E-state index in [0.29, 0.717) is 0 Å². The lowest BCUT2D eigenvalue weighted by molar-refractivity contribution is -0.175. The zero-order chi connectivity index (χ0) is 20.7. The second-order valence-corrected chi connectivity index (χ2v) is 9.26. The molecule has 2 heterocycles. The Bertz CT molecular complexity index is 669. The van der Waals surface area contributed by atoms with Crippen LogP contribution in [-0.2, 0) is 19.1 Å². The molecule has 2 N–H and O–H groups in total. The summed E-state index contributed by atoms with van der Waals surface area (Å²) in [6, 6.07) is -0.850. The van der Waals surface area contributed by atoms with E-state index in [-0.39, 0.29) is 23.9 Å². The van der Waals surface area contributed by atoms with Crippen molar-refractivity contribution < 1.29 is 29.0 Å². The van der Waals surface area contributed by atoms with Crippen molar-refractivity contribution in [3.05, 3.63) is 11.6 Å². The predicted molar refractivity (Wildman–Crippen MR) is 102 cm³/mol. The highest BCUT2D eigenvalue weighted by Crippen LogP contribution is 2.44. The van der Waals surface area contributed by atoms with Crippen LogP contribution in [0.1, 0.15) is 41.5 Å².